The van der Waals surface area contributed by atoms with E-state index in [4.69, 9.17) is 9.84 Å². The first kappa shape index (κ1) is 12.3. The molecule has 1 N–H and O–H groups in total. The topological polar surface area (TPSA) is 32.7 Å². The second-order valence-electron chi connectivity index (χ2n) is 3.98. The molecule has 0 unspecified atom stereocenters. The van der Waals surface area contributed by atoms with E-state index in [1.165, 1.54) is 6.07 Å². The fourth-order valence-electron chi connectivity index (χ4n) is 1.95. The molecular weight excluding hydrogens is 228 g/mol. The third-order valence-corrected chi connectivity index (χ3v) is 2.85. The molecule has 1 aliphatic heterocycles. The van der Waals surface area contributed by atoms with Crippen LogP contribution in [0.15, 0.2) is 24.3 Å². The Kier molecular flexibility index (Phi) is 3.59. The standard InChI is InChI=1S/C12H15F2NO2/c13-12(14,9-16)10-3-1-2-4-11(10)15-5-7-17-8-6-15/h1-4,16H,5-9H2. The van der Waals surface area contributed by atoms with Crippen LogP contribution in [0.1, 0.15) is 5.56 Å². The van der Waals surface area contributed by atoms with Gasteiger partial charge in [0.15, 0.2) is 0 Å². The van der Waals surface area contributed by atoms with Crippen LogP contribution >= 0.6 is 0 Å². The molecule has 2 rings (SSSR count). The van der Waals surface area contributed by atoms with E-state index in [9.17, 15) is 8.78 Å². The number of rotatable bonds is 3. The highest BCUT2D eigenvalue weighted by molar-refractivity contribution is 5.55. The van der Waals surface area contributed by atoms with Crippen molar-refractivity contribution in [3.05, 3.63) is 29.8 Å². The lowest BCUT2D eigenvalue weighted by Crippen LogP contribution is -2.38. The predicted octanol–water partition coefficient (Wildman–Crippen LogP) is 1.61. The third-order valence-electron chi connectivity index (χ3n) is 2.85. The molecule has 0 aliphatic carbocycles. The monoisotopic (exact) mass is 243 g/mol. The Morgan fingerprint density at radius 3 is 2.53 bits per heavy atom. The van der Waals surface area contributed by atoms with Crippen molar-refractivity contribution in [2.24, 2.45) is 0 Å². The molecule has 1 saturated heterocycles. The Bertz CT molecular complexity index is 379. The van der Waals surface area contributed by atoms with Crippen molar-refractivity contribution < 1.29 is 18.6 Å². The van der Waals surface area contributed by atoms with Crippen molar-refractivity contribution >= 4 is 5.69 Å². The SMILES string of the molecule is OCC(F)(F)c1ccccc1N1CCOCC1. The smallest absolute Gasteiger partial charge is 0.297 e. The summed E-state index contributed by atoms with van der Waals surface area (Å²) in [6, 6.07) is 6.30. The van der Waals surface area contributed by atoms with E-state index in [-0.39, 0.29) is 5.56 Å². The molecule has 0 radical (unpaired) electrons. The minimum absolute atomic E-state index is 0.121. The van der Waals surface area contributed by atoms with Gasteiger partial charge in [0.05, 0.1) is 13.2 Å². The number of aliphatic hydroxyl groups is 1. The van der Waals surface area contributed by atoms with Gasteiger partial charge in [-0.25, -0.2) is 0 Å². The molecule has 1 fully saturated rings. The number of benzene rings is 1. The van der Waals surface area contributed by atoms with E-state index in [2.05, 4.69) is 0 Å². The van der Waals surface area contributed by atoms with Gasteiger partial charge in [-0.05, 0) is 6.07 Å². The van der Waals surface area contributed by atoms with E-state index in [0.29, 0.717) is 32.0 Å². The van der Waals surface area contributed by atoms with Gasteiger partial charge in [-0.3, -0.25) is 0 Å². The first-order chi connectivity index (χ1) is 8.15. The average molecular weight is 243 g/mol. The lowest BCUT2D eigenvalue weighted by Gasteiger charge is -2.32. The van der Waals surface area contributed by atoms with Crippen LogP contribution in [0.4, 0.5) is 14.5 Å². The fraction of sp³-hybridized carbons (Fsp3) is 0.500. The van der Waals surface area contributed by atoms with Gasteiger partial charge in [0.1, 0.15) is 6.61 Å². The van der Waals surface area contributed by atoms with Crippen LogP contribution in [0.3, 0.4) is 0 Å². The van der Waals surface area contributed by atoms with Gasteiger partial charge in [0.2, 0.25) is 0 Å². The lowest BCUT2D eigenvalue weighted by molar-refractivity contribution is -0.0553. The summed E-state index contributed by atoms with van der Waals surface area (Å²) < 4.78 is 32.4. The number of nitrogens with zero attached hydrogens (tertiary/aromatic N) is 1. The molecular formula is C12H15F2NO2. The van der Waals surface area contributed by atoms with Crippen molar-refractivity contribution in [3.8, 4) is 0 Å². The van der Waals surface area contributed by atoms with E-state index in [1.54, 1.807) is 18.2 Å². The zero-order valence-corrected chi connectivity index (χ0v) is 9.40. The van der Waals surface area contributed by atoms with Gasteiger partial charge < -0.3 is 14.7 Å². The Labute approximate surface area is 98.6 Å². The Morgan fingerprint density at radius 1 is 1.24 bits per heavy atom. The van der Waals surface area contributed by atoms with Crippen molar-refractivity contribution in [1.29, 1.82) is 0 Å². The van der Waals surface area contributed by atoms with Gasteiger partial charge in [-0.15, -0.1) is 0 Å². The van der Waals surface area contributed by atoms with E-state index < -0.39 is 12.5 Å². The number of para-hydroxylation sites is 1. The first-order valence-corrected chi connectivity index (χ1v) is 5.56. The highest BCUT2D eigenvalue weighted by Crippen LogP contribution is 2.35. The Morgan fingerprint density at radius 2 is 1.88 bits per heavy atom. The number of hydrogen-bond acceptors (Lipinski definition) is 3. The summed E-state index contributed by atoms with van der Waals surface area (Å²) in [6.07, 6.45) is 0. The van der Waals surface area contributed by atoms with Gasteiger partial charge in [-0.1, -0.05) is 18.2 Å². The van der Waals surface area contributed by atoms with Crippen molar-refractivity contribution in [2.45, 2.75) is 5.92 Å². The Balaban J connectivity index is 2.33. The molecule has 17 heavy (non-hydrogen) atoms. The highest BCUT2D eigenvalue weighted by atomic mass is 19.3. The van der Waals surface area contributed by atoms with Crippen molar-refractivity contribution in [3.63, 3.8) is 0 Å². The quantitative estimate of drug-likeness (QED) is 0.875. The second kappa shape index (κ2) is 4.98. The molecule has 3 nitrogen and oxygen atoms in total. The van der Waals surface area contributed by atoms with Crippen LogP contribution in [0.5, 0.6) is 0 Å². The number of alkyl halides is 2. The van der Waals surface area contributed by atoms with Gasteiger partial charge in [0, 0.05) is 24.3 Å². The van der Waals surface area contributed by atoms with Gasteiger partial charge in [0.25, 0.3) is 5.92 Å². The number of halogens is 2. The van der Waals surface area contributed by atoms with Crippen LogP contribution in [-0.2, 0) is 10.7 Å². The largest absolute Gasteiger partial charge is 0.390 e. The van der Waals surface area contributed by atoms with Crippen LogP contribution in [-0.4, -0.2) is 38.0 Å². The molecule has 1 aromatic carbocycles. The molecule has 0 atom stereocenters. The average Bonchev–Trinajstić information content (AvgIpc) is 2.40. The molecule has 0 spiro atoms. The lowest BCUT2D eigenvalue weighted by atomic mass is 10.1. The van der Waals surface area contributed by atoms with Gasteiger partial charge in [-0.2, -0.15) is 8.78 Å². The molecule has 0 bridgehead atoms. The molecule has 0 saturated carbocycles. The number of hydrogen-bond donors (Lipinski definition) is 1. The number of anilines is 1. The number of aliphatic hydroxyl groups excluding tert-OH is 1. The summed E-state index contributed by atoms with van der Waals surface area (Å²) in [6.45, 7) is 1.10. The van der Waals surface area contributed by atoms with Crippen LogP contribution < -0.4 is 4.90 Å². The third kappa shape index (κ3) is 2.56. The van der Waals surface area contributed by atoms with Crippen LogP contribution in [0.2, 0.25) is 0 Å². The van der Waals surface area contributed by atoms with Gasteiger partial charge >= 0.3 is 0 Å². The molecule has 94 valence electrons. The van der Waals surface area contributed by atoms with Crippen molar-refractivity contribution in [2.75, 3.05) is 37.8 Å². The predicted molar refractivity (Wildman–Crippen MR) is 60.5 cm³/mol. The van der Waals surface area contributed by atoms with E-state index in [0.717, 1.165) is 0 Å². The minimum atomic E-state index is -3.20. The zero-order chi connectivity index (χ0) is 12.3. The maximum Gasteiger partial charge on any atom is 0.297 e. The van der Waals surface area contributed by atoms with Crippen molar-refractivity contribution in [1.82, 2.24) is 0 Å². The number of ether oxygens (including phenoxy) is 1. The molecule has 1 heterocycles. The summed E-state index contributed by atoms with van der Waals surface area (Å²) in [7, 11) is 0. The molecule has 5 heteroatoms. The summed E-state index contributed by atoms with van der Waals surface area (Å²) in [5.74, 6) is -3.20. The first-order valence-electron chi connectivity index (χ1n) is 5.56. The maximum absolute atomic E-state index is 13.6. The molecule has 0 amide bonds. The summed E-state index contributed by atoms with van der Waals surface area (Å²) in [5.41, 5.74) is 0.360. The molecule has 1 aliphatic rings. The van der Waals surface area contributed by atoms with Crippen LogP contribution in [0, 0.1) is 0 Å². The maximum atomic E-state index is 13.6. The second-order valence-corrected chi connectivity index (χ2v) is 3.98. The summed E-state index contributed by atoms with van der Waals surface area (Å²) >= 11 is 0. The van der Waals surface area contributed by atoms with E-state index >= 15 is 0 Å². The summed E-state index contributed by atoms with van der Waals surface area (Å²) in [5, 5.41) is 8.78. The normalized spacial score (nSPS) is 17.2. The molecule has 0 aromatic heterocycles. The minimum Gasteiger partial charge on any atom is -0.390 e. The molecule has 1 aromatic rings. The highest BCUT2D eigenvalue weighted by Gasteiger charge is 2.34. The van der Waals surface area contributed by atoms with E-state index in [1.807, 2.05) is 4.90 Å². The fourth-order valence-corrected chi connectivity index (χ4v) is 1.95. The number of morpholine rings is 1. The van der Waals surface area contributed by atoms with Crippen LogP contribution in [0.25, 0.3) is 0 Å². The summed E-state index contributed by atoms with van der Waals surface area (Å²) in [4.78, 5) is 1.86. The Hall–Kier alpha value is -1.20. The zero-order valence-electron chi connectivity index (χ0n) is 9.40.